The summed E-state index contributed by atoms with van der Waals surface area (Å²) in [6, 6.07) is 7.38. The highest BCUT2D eigenvalue weighted by atomic mass is 16.5. The van der Waals surface area contributed by atoms with E-state index in [9.17, 15) is 14.7 Å². The van der Waals surface area contributed by atoms with Crippen LogP contribution in [0, 0.1) is 5.92 Å². The van der Waals surface area contributed by atoms with Crippen LogP contribution in [0.25, 0.3) is 16.5 Å². The average Bonchev–Trinajstić information content (AvgIpc) is 3.14. The van der Waals surface area contributed by atoms with E-state index in [0.29, 0.717) is 12.2 Å². The lowest BCUT2D eigenvalue weighted by atomic mass is 9.72. The summed E-state index contributed by atoms with van der Waals surface area (Å²) >= 11 is 0. The lowest BCUT2D eigenvalue weighted by Crippen LogP contribution is -2.53. The highest BCUT2D eigenvalue weighted by molar-refractivity contribution is 6.17. The number of nitrogens with one attached hydrogen (secondary N) is 2. The number of carboxylic acid groups (broad SMARTS) is 1. The molecule has 8 heteroatoms. The summed E-state index contributed by atoms with van der Waals surface area (Å²) in [5, 5.41) is 14.2. The predicted octanol–water partition coefficient (Wildman–Crippen LogP) is 3.64. The molecule has 4 rings (SSSR count). The minimum absolute atomic E-state index is 0.0972. The topological polar surface area (TPSA) is 97.9 Å². The van der Waals surface area contributed by atoms with E-state index in [4.69, 9.17) is 4.74 Å². The maximum absolute atomic E-state index is 13.4. The number of ether oxygens (including phenoxy) is 1. The summed E-state index contributed by atoms with van der Waals surface area (Å²) in [6.45, 7) is 13.1. The Morgan fingerprint density at radius 1 is 1.24 bits per heavy atom. The molecule has 1 unspecified atom stereocenters. The molecule has 2 aromatic rings. The number of para-hydroxylation sites is 1. The number of nitrogens with zero attached hydrogens (tertiary/aromatic N) is 2. The number of aromatic amines is 1. The second kappa shape index (κ2) is 9.80. The Labute approximate surface area is 200 Å². The number of aromatic nitrogens is 1. The van der Waals surface area contributed by atoms with Gasteiger partial charge in [0.05, 0.1) is 24.5 Å². The van der Waals surface area contributed by atoms with Crippen molar-refractivity contribution in [2.45, 2.75) is 45.6 Å². The van der Waals surface area contributed by atoms with Gasteiger partial charge in [-0.1, -0.05) is 45.9 Å². The number of carbonyl (C=O) groups is 2. The number of H-pyrrole nitrogens is 1. The van der Waals surface area contributed by atoms with Gasteiger partial charge in [-0.15, -0.1) is 0 Å². The summed E-state index contributed by atoms with van der Waals surface area (Å²) in [7, 11) is 0. The molecule has 2 aliphatic heterocycles. The molecule has 1 atom stereocenters. The molecule has 2 aliphatic rings. The number of fused-ring (bicyclic) bond motifs is 3. The van der Waals surface area contributed by atoms with Crippen LogP contribution >= 0.6 is 0 Å². The zero-order valence-corrected chi connectivity index (χ0v) is 20.6. The molecule has 0 spiro atoms. The predicted molar refractivity (Wildman–Crippen MR) is 133 cm³/mol. The molecule has 184 valence electrons. The van der Waals surface area contributed by atoms with Crippen molar-refractivity contribution in [1.82, 2.24) is 20.1 Å². The Morgan fingerprint density at radius 3 is 2.62 bits per heavy atom. The van der Waals surface area contributed by atoms with Crippen LogP contribution in [0.1, 0.15) is 45.4 Å². The third kappa shape index (κ3) is 4.57. The zero-order valence-electron chi connectivity index (χ0n) is 20.6. The summed E-state index contributed by atoms with van der Waals surface area (Å²) in [4.78, 5) is 33.1. The van der Waals surface area contributed by atoms with Crippen LogP contribution in [0.3, 0.4) is 0 Å². The van der Waals surface area contributed by atoms with E-state index in [1.165, 1.54) is 6.20 Å². The highest BCUT2D eigenvalue weighted by Crippen LogP contribution is 2.45. The third-order valence-corrected chi connectivity index (χ3v) is 7.05. The first-order valence-corrected chi connectivity index (χ1v) is 12.1. The molecule has 2 amide bonds. The number of aliphatic carboxylic acids is 1. The monoisotopic (exact) mass is 468 g/mol. The third-order valence-electron chi connectivity index (χ3n) is 7.05. The number of carbonyl (C=O) groups excluding carboxylic acids is 1. The second-order valence-electron chi connectivity index (χ2n) is 10.1. The largest absolute Gasteiger partial charge is 0.478 e. The van der Waals surface area contributed by atoms with Gasteiger partial charge in [-0.25, -0.2) is 9.59 Å². The molecule has 1 fully saturated rings. The number of amides is 2. The zero-order chi connectivity index (χ0) is 24.5. The van der Waals surface area contributed by atoms with Gasteiger partial charge < -0.3 is 20.1 Å². The minimum Gasteiger partial charge on any atom is -0.478 e. The van der Waals surface area contributed by atoms with Gasteiger partial charge in [-0.2, -0.15) is 0 Å². The van der Waals surface area contributed by atoms with Gasteiger partial charge >= 0.3 is 12.0 Å². The van der Waals surface area contributed by atoms with Crippen LogP contribution in [0.4, 0.5) is 4.79 Å². The Kier molecular flexibility index (Phi) is 7.00. The van der Waals surface area contributed by atoms with Crippen molar-refractivity contribution in [2.75, 3.05) is 39.4 Å². The van der Waals surface area contributed by atoms with Gasteiger partial charge in [-0.3, -0.25) is 9.80 Å². The normalized spacial score (nSPS) is 20.7. The highest BCUT2D eigenvalue weighted by Gasteiger charge is 2.45. The molecule has 3 heterocycles. The van der Waals surface area contributed by atoms with E-state index in [0.717, 1.165) is 55.7 Å². The second-order valence-corrected chi connectivity index (χ2v) is 10.1. The summed E-state index contributed by atoms with van der Waals surface area (Å²) < 4.78 is 5.39. The van der Waals surface area contributed by atoms with Gasteiger partial charge in [-0.05, 0) is 30.5 Å². The first-order valence-electron chi connectivity index (χ1n) is 12.1. The van der Waals surface area contributed by atoms with Crippen molar-refractivity contribution in [3.05, 3.63) is 41.7 Å². The fourth-order valence-corrected chi connectivity index (χ4v) is 5.71. The summed E-state index contributed by atoms with van der Waals surface area (Å²) in [5.41, 5.74) is 2.02. The number of rotatable bonds is 6. The Bertz CT molecular complexity index is 1080. The number of benzene rings is 1. The van der Waals surface area contributed by atoms with E-state index in [2.05, 4.69) is 42.9 Å². The summed E-state index contributed by atoms with van der Waals surface area (Å²) in [5.74, 6) is -0.960. The molecule has 0 bridgehead atoms. The molecule has 8 nitrogen and oxygen atoms in total. The molecule has 1 aromatic heterocycles. The number of morpholine rings is 1. The van der Waals surface area contributed by atoms with Crippen molar-refractivity contribution in [2.24, 2.45) is 5.92 Å². The molecular weight excluding hydrogens is 432 g/mol. The molecule has 1 saturated heterocycles. The first-order chi connectivity index (χ1) is 16.2. The average molecular weight is 469 g/mol. The molecule has 3 N–H and O–H groups in total. The van der Waals surface area contributed by atoms with Crippen molar-refractivity contribution < 1.29 is 19.4 Å². The van der Waals surface area contributed by atoms with Gasteiger partial charge in [0.2, 0.25) is 0 Å². The lowest BCUT2D eigenvalue weighted by molar-refractivity contribution is -0.130. The van der Waals surface area contributed by atoms with Crippen molar-refractivity contribution in [3.63, 3.8) is 0 Å². The van der Waals surface area contributed by atoms with E-state index < -0.39 is 11.4 Å². The Balaban J connectivity index is 1.64. The van der Waals surface area contributed by atoms with Crippen LogP contribution in [-0.4, -0.2) is 77.3 Å². The lowest BCUT2D eigenvalue weighted by Gasteiger charge is -2.42. The molecule has 1 aromatic carbocycles. The van der Waals surface area contributed by atoms with Gasteiger partial charge in [0, 0.05) is 48.2 Å². The molecule has 34 heavy (non-hydrogen) atoms. The Morgan fingerprint density at radius 2 is 1.94 bits per heavy atom. The van der Waals surface area contributed by atoms with E-state index in [-0.39, 0.29) is 23.6 Å². The van der Waals surface area contributed by atoms with Crippen LogP contribution < -0.4 is 5.32 Å². The number of hydrogen-bond acceptors (Lipinski definition) is 4. The Hall–Kier alpha value is -2.84. The minimum atomic E-state index is -1.06. The maximum Gasteiger partial charge on any atom is 0.339 e. The number of hydrogen-bond donors (Lipinski definition) is 3. The van der Waals surface area contributed by atoms with Crippen molar-refractivity contribution in [3.8, 4) is 0 Å². The molecule has 0 saturated carbocycles. The fraction of sp³-hybridized carbons (Fsp3) is 0.538. The van der Waals surface area contributed by atoms with Crippen LogP contribution in [-0.2, 0) is 14.9 Å². The molecule has 0 aliphatic carbocycles. The van der Waals surface area contributed by atoms with E-state index >= 15 is 0 Å². The van der Waals surface area contributed by atoms with Crippen LogP contribution in [0.2, 0.25) is 0 Å². The van der Waals surface area contributed by atoms with Gasteiger partial charge in [0.15, 0.2) is 0 Å². The smallest absolute Gasteiger partial charge is 0.339 e. The number of urea groups is 1. The number of carboxylic acids is 1. The van der Waals surface area contributed by atoms with E-state index in [1.54, 1.807) is 4.90 Å². The van der Waals surface area contributed by atoms with Crippen molar-refractivity contribution in [1.29, 1.82) is 0 Å². The summed E-state index contributed by atoms with van der Waals surface area (Å²) in [6.07, 6.45) is 2.35. The SMILES string of the molecule is CC(C)C1N(C(=O)NCCCN2CCOCC2)C=C(C(=O)O)c2[nH]c3ccccc3c2C1(C)C. The van der Waals surface area contributed by atoms with Crippen molar-refractivity contribution >= 4 is 28.5 Å². The first kappa shape index (κ1) is 24.3. The van der Waals surface area contributed by atoms with Gasteiger partial charge in [0.1, 0.15) is 0 Å². The standard InChI is InChI=1S/C26H36N4O4/c1-17(2)23-26(3,4)21-18-8-5-6-9-20(18)28-22(21)19(24(31)32)16-30(23)25(33)27-10-7-11-29-12-14-34-15-13-29/h5-6,8-9,16-17,23,28H,7,10-15H2,1-4H3,(H,27,33)(H,31,32). The maximum atomic E-state index is 13.4. The fourth-order valence-electron chi connectivity index (χ4n) is 5.71. The van der Waals surface area contributed by atoms with E-state index in [1.807, 2.05) is 24.3 Å². The van der Waals surface area contributed by atoms with Crippen LogP contribution in [0.5, 0.6) is 0 Å². The molecule has 0 radical (unpaired) electrons. The molecular formula is C26H36N4O4. The van der Waals surface area contributed by atoms with Crippen LogP contribution in [0.15, 0.2) is 30.5 Å². The quantitative estimate of drug-likeness (QED) is 0.563. The van der Waals surface area contributed by atoms with Gasteiger partial charge in [0.25, 0.3) is 0 Å².